The zero-order chi connectivity index (χ0) is 16.3. The van der Waals surface area contributed by atoms with Gasteiger partial charge in [0.15, 0.2) is 0 Å². The van der Waals surface area contributed by atoms with Crippen LogP contribution in [0.3, 0.4) is 0 Å². The molecular formula is C18H23N3O2. The lowest BCUT2D eigenvalue weighted by Gasteiger charge is -2.38. The van der Waals surface area contributed by atoms with E-state index in [2.05, 4.69) is 5.32 Å². The molecule has 23 heavy (non-hydrogen) atoms. The van der Waals surface area contributed by atoms with Crippen LogP contribution in [0.5, 0.6) is 0 Å². The number of benzene rings is 1. The highest BCUT2D eigenvalue weighted by atomic mass is 16.2. The van der Waals surface area contributed by atoms with Crippen LogP contribution in [0.25, 0.3) is 0 Å². The van der Waals surface area contributed by atoms with Gasteiger partial charge in [0, 0.05) is 13.1 Å². The quantitative estimate of drug-likeness (QED) is 0.827. The van der Waals surface area contributed by atoms with Gasteiger partial charge in [-0.25, -0.2) is 0 Å². The zero-order valence-corrected chi connectivity index (χ0v) is 13.2. The number of hydrogen-bond acceptors (Lipinski definition) is 3. The van der Waals surface area contributed by atoms with Crippen LogP contribution in [0.1, 0.15) is 31.2 Å². The third kappa shape index (κ3) is 3.01. The van der Waals surface area contributed by atoms with Crippen LogP contribution in [0.2, 0.25) is 0 Å². The summed E-state index contributed by atoms with van der Waals surface area (Å²) in [5, 5.41) is 3.01. The molecule has 0 saturated carbocycles. The number of rotatable bonds is 3. The number of carbonyl (C=O) groups is 2. The summed E-state index contributed by atoms with van der Waals surface area (Å²) in [6.45, 7) is 1.08. The van der Waals surface area contributed by atoms with Crippen molar-refractivity contribution in [3.8, 4) is 0 Å². The Labute approximate surface area is 136 Å². The average molecular weight is 313 g/mol. The molecule has 5 heteroatoms. The van der Waals surface area contributed by atoms with Gasteiger partial charge in [-0.1, -0.05) is 42.5 Å². The SMILES string of the molecule is N[C@H]1C/C=C\C[C@@]2(C(=O)NCc3ccccc3)CCCN2C1=O. The molecule has 2 heterocycles. The molecular weight excluding hydrogens is 290 g/mol. The van der Waals surface area contributed by atoms with Crippen LogP contribution in [-0.2, 0) is 16.1 Å². The van der Waals surface area contributed by atoms with Gasteiger partial charge in [-0.3, -0.25) is 9.59 Å². The summed E-state index contributed by atoms with van der Waals surface area (Å²) in [5.41, 5.74) is 6.22. The zero-order valence-electron chi connectivity index (χ0n) is 13.2. The highest BCUT2D eigenvalue weighted by molar-refractivity contribution is 5.94. The van der Waals surface area contributed by atoms with Crippen molar-refractivity contribution in [2.75, 3.05) is 6.54 Å². The monoisotopic (exact) mass is 313 g/mol. The number of nitrogens with two attached hydrogens (primary N) is 1. The minimum atomic E-state index is -0.777. The average Bonchev–Trinajstić information content (AvgIpc) is 3.00. The van der Waals surface area contributed by atoms with Crippen LogP contribution >= 0.6 is 0 Å². The third-order valence-corrected chi connectivity index (χ3v) is 4.80. The Hall–Kier alpha value is -2.14. The van der Waals surface area contributed by atoms with E-state index in [4.69, 9.17) is 5.73 Å². The number of fused-ring (bicyclic) bond motifs is 1. The first kappa shape index (κ1) is 15.7. The first-order chi connectivity index (χ1) is 11.1. The molecule has 0 unspecified atom stereocenters. The summed E-state index contributed by atoms with van der Waals surface area (Å²) in [6, 6.07) is 9.24. The minimum absolute atomic E-state index is 0.0778. The summed E-state index contributed by atoms with van der Waals surface area (Å²) >= 11 is 0. The summed E-state index contributed by atoms with van der Waals surface area (Å²) in [4.78, 5) is 27.2. The Bertz CT molecular complexity index is 614. The van der Waals surface area contributed by atoms with Crippen molar-refractivity contribution in [1.82, 2.24) is 10.2 Å². The lowest BCUT2D eigenvalue weighted by Crippen LogP contribution is -2.60. The molecule has 3 N–H and O–H groups in total. The van der Waals surface area contributed by atoms with Crippen molar-refractivity contribution in [2.24, 2.45) is 5.73 Å². The van der Waals surface area contributed by atoms with Gasteiger partial charge in [0.05, 0.1) is 6.04 Å². The van der Waals surface area contributed by atoms with Gasteiger partial charge < -0.3 is 16.0 Å². The van der Waals surface area contributed by atoms with E-state index in [1.807, 2.05) is 42.5 Å². The fourth-order valence-corrected chi connectivity index (χ4v) is 3.51. The number of amides is 2. The molecule has 0 radical (unpaired) electrons. The molecule has 0 aliphatic carbocycles. The Morgan fingerprint density at radius 2 is 2.09 bits per heavy atom. The molecule has 2 aliphatic heterocycles. The van der Waals surface area contributed by atoms with E-state index in [1.54, 1.807) is 4.90 Å². The van der Waals surface area contributed by atoms with E-state index in [9.17, 15) is 9.59 Å². The molecule has 1 aromatic rings. The lowest BCUT2D eigenvalue weighted by molar-refractivity contribution is -0.146. The number of nitrogens with one attached hydrogen (secondary N) is 1. The van der Waals surface area contributed by atoms with E-state index in [0.717, 1.165) is 12.0 Å². The minimum Gasteiger partial charge on any atom is -0.350 e. The molecule has 122 valence electrons. The number of carbonyl (C=O) groups excluding carboxylic acids is 2. The molecule has 1 saturated heterocycles. The summed E-state index contributed by atoms with van der Waals surface area (Å²) in [6.07, 6.45) is 6.54. The Balaban J connectivity index is 1.79. The van der Waals surface area contributed by atoms with Gasteiger partial charge in [0.2, 0.25) is 11.8 Å². The van der Waals surface area contributed by atoms with Crippen molar-refractivity contribution in [3.05, 3.63) is 48.0 Å². The van der Waals surface area contributed by atoms with Crippen molar-refractivity contribution in [3.63, 3.8) is 0 Å². The molecule has 3 rings (SSSR count). The van der Waals surface area contributed by atoms with Crippen molar-refractivity contribution >= 4 is 11.8 Å². The second-order valence-electron chi connectivity index (χ2n) is 6.31. The van der Waals surface area contributed by atoms with E-state index >= 15 is 0 Å². The van der Waals surface area contributed by atoms with Crippen LogP contribution in [0.15, 0.2) is 42.5 Å². The van der Waals surface area contributed by atoms with Gasteiger partial charge in [0.25, 0.3) is 0 Å². The van der Waals surface area contributed by atoms with Crippen molar-refractivity contribution < 1.29 is 9.59 Å². The fourth-order valence-electron chi connectivity index (χ4n) is 3.51. The molecule has 0 aromatic heterocycles. The smallest absolute Gasteiger partial charge is 0.246 e. The molecule has 2 amide bonds. The second kappa shape index (κ2) is 6.54. The highest BCUT2D eigenvalue weighted by Crippen LogP contribution is 2.35. The van der Waals surface area contributed by atoms with Crippen molar-refractivity contribution in [2.45, 2.75) is 43.8 Å². The lowest BCUT2D eigenvalue weighted by atomic mass is 9.88. The van der Waals surface area contributed by atoms with Crippen LogP contribution in [0.4, 0.5) is 0 Å². The summed E-state index contributed by atoms with van der Waals surface area (Å²) in [5.74, 6) is -0.187. The normalized spacial score (nSPS) is 28.7. The molecule has 1 fully saturated rings. The molecule has 5 nitrogen and oxygen atoms in total. The Kier molecular flexibility index (Phi) is 4.48. The van der Waals surface area contributed by atoms with Gasteiger partial charge in [-0.2, -0.15) is 0 Å². The second-order valence-corrected chi connectivity index (χ2v) is 6.31. The molecule has 2 atom stereocenters. The van der Waals surface area contributed by atoms with Crippen LogP contribution in [-0.4, -0.2) is 34.8 Å². The van der Waals surface area contributed by atoms with E-state index in [1.165, 1.54) is 0 Å². The summed E-state index contributed by atoms with van der Waals surface area (Å²) in [7, 11) is 0. The Morgan fingerprint density at radius 3 is 2.87 bits per heavy atom. The Morgan fingerprint density at radius 1 is 1.30 bits per heavy atom. The first-order valence-electron chi connectivity index (χ1n) is 8.18. The van der Waals surface area contributed by atoms with E-state index < -0.39 is 11.6 Å². The highest BCUT2D eigenvalue weighted by Gasteiger charge is 2.49. The van der Waals surface area contributed by atoms with E-state index in [-0.39, 0.29) is 11.8 Å². The number of nitrogens with zero attached hydrogens (tertiary/aromatic N) is 1. The fraction of sp³-hybridized carbons (Fsp3) is 0.444. The third-order valence-electron chi connectivity index (χ3n) is 4.80. The molecule has 1 aromatic carbocycles. The predicted molar refractivity (Wildman–Crippen MR) is 88.3 cm³/mol. The summed E-state index contributed by atoms with van der Waals surface area (Å²) < 4.78 is 0. The predicted octanol–water partition coefficient (Wildman–Crippen LogP) is 1.34. The van der Waals surface area contributed by atoms with Crippen LogP contribution < -0.4 is 11.1 Å². The van der Waals surface area contributed by atoms with Crippen LogP contribution in [0, 0.1) is 0 Å². The largest absolute Gasteiger partial charge is 0.350 e. The number of hydrogen-bond donors (Lipinski definition) is 2. The maximum Gasteiger partial charge on any atom is 0.246 e. The molecule has 0 bridgehead atoms. The topological polar surface area (TPSA) is 75.4 Å². The van der Waals surface area contributed by atoms with Gasteiger partial charge in [-0.05, 0) is 31.2 Å². The van der Waals surface area contributed by atoms with Gasteiger partial charge in [-0.15, -0.1) is 0 Å². The maximum absolute atomic E-state index is 12.9. The standard InChI is InChI=1S/C18H23N3O2/c19-15-9-4-5-10-18(11-6-12-21(18)16(15)22)17(23)20-13-14-7-2-1-3-8-14/h1-5,7-8,15H,6,9-13,19H2,(H,20,23)/b5-4-/t15-,18-/m0/s1. The van der Waals surface area contributed by atoms with Gasteiger partial charge in [0.1, 0.15) is 5.54 Å². The van der Waals surface area contributed by atoms with Crippen molar-refractivity contribution in [1.29, 1.82) is 0 Å². The molecule has 2 aliphatic rings. The maximum atomic E-state index is 12.9. The molecule has 0 spiro atoms. The van der Waals surface area contributed by atoms with Gasteiger partial charge >= 0.3 is 0 Å². The first-order valence-corrected chi connectivity index (χ1v) is 8.18. The van der Waals surface area contributed by atoms with E-state index in [0.29, 0.717) is 32.4 Å².